The maximum atomic E-state index is 13.8. The lowest BCUT2D eigenvalue weighted by Gasteiger charge is -2.30. The smallest absolute Gasteiger partial charge is 0.308 e. The molecule has 6 rings (SSSR count). The minimum absolute atomic E-state index is 0.185. The quantitative estimate of drug-likeness (QED) is 0.390. The number of anilines is 2. The van der Waals surface area contributed by atoms with Gasteiger partial charge in [-0.1, -0.05) is 89.8 Å². The number of thiazole rings is 1. The minimum Gasteiger partial charge on any atom is -0.325 e. The topological polar surface area (TPSA) is 88.5 Å². The summed E-state index contributed by atoms with van der Waals surface area (Å²) in [5.41, 5.74) is 2.02. The van der Waals surface area contributed by atoms with E-state index in [4.69, 9.17) is 0 Å². The number of para-hydroxylation sites is 2. The first-order valence-corrected chi connectivity index (χ1v) is 13.5. The Labute approximate surface area is 220 Å². The lowest BCUT2D eigenvalue weighted by atomic mass is 9.83. The number of nitrogens with one attached hydrogen (secondary N) is 1. The number of benzene rings is 3. The Balaban J connectivity index is 1.41. The summed E-state index contributed by atoms with van der Waals surface area (Å²) in [4.78, 5) is 55.1. The molecule has 0 aliphatic carbocycles. The van der Waals surface area contributed by atoms with Crippen molar-refractivity contribution >= 4 is 52.2 Å². The van der Waals surface area contributed by atoms with Crippen LogP contribution >= 0.6 is 23.1 Å². The molecule has 0 saturated carbocycles. The number of hydrogen-bond acceptors (Lipinski definition) is 6. The number of carbonyl (C=O) groups is 3. The maximum absolute atomic E-state index is 13.8. The van der Waals surface area contributed by atoms with Crippen LogP contribution in [0.5, 0.6) is 0 Å². The van der Waals surface area contributed by atoms with Gasteiger partial charge in [0.15, 0.2) is 0 Å². The minimum atomic E-state index is -0.706. The Morgan fingerprint density at radius 3 is 2.11 bits per heavy atom. The molecule has 2 aliphatic rings. The van der Waals surface area contributed by atoms with Gasteiger partial charge in [0, 0.05) is 16.5 Å². The van der Waals surface area contributed by atoms with E-state index in [0.717, 1.165) is 16.9 Å². The van der Waals surface area contributed by atoms with Crippen LogP contribution in [0.4, 0.5) is 11.4 Å². The monoisotopic (exact) mass is 527 g/mol. The van der Waals surface area contributed by atoms with Crippen molar-refractivity contribution in [3.8, 4) is 0 Å². The number of fused-ring (bicyclic) bond motifs is 2. The summed E-state index contributed by atoms with van der Waals surface area (Å²) in [6, 6.07) is 27.4. The zero-order valence-electron chi connectivity index (χ0n) is 19.4. The largest absolute Gasteiger partial charge is 0.325 e. The van der Waals surface area contributed by atoms with E-state index in [-0.39, 0.29) is 29.1 Å². The standard InChI is InChI=1S/C28H21N3O4S2/c32-20(29-18-12-6-2-7-13-18)16-30-27-24(37-28(30)35)21(17-10-4-1-5-11-17)22-23(36-27)26(34)31(25(22)33)19-14-8-3-9-15-19/h1-15,21-23H,16H2,(H,29,32)/t21-,22?,23?/m1/s1. The molecule has 3 aromatic carbocycles. The molecular weight excluding hydrogens is 506 g/mol. The van der Waals surface area contributed by atoms with Crippen molar-refractivity contribution in [1.29, 1.82) is 0 Å². The number of nitrogens with zero attached hydrogens (tertiary/aromatic N) is 2. The van der Waals surface area contributed by atoms with E-state index in [1.54, 1.807) is 36.4 Å². The van der Waals surface area contributed by atoms with Crippen LogP contribution in [0.25, 0.3) is 0 Å². The van der Waals surface area contributed by atoms with Gasteiger partial charge in [-0.3, -0.25) is 23.7 Å². The third-order valence-corrected chi connectivity index (χ3v) is 9.19. The van der Waals surface area contributed by atoms with Gasteiger partial charge in [-0.15, -0.1) is 0 Å². The van der Waals surface area contributed by atoms with Crippen LogP contribution in [-0.2, 0) is 20.9 Å². The summed E-state index contributed by atoms with van der Waals surface area (Å²) >= 11 is 2.26. The number of imide groups is 1. The molecule has 2 aliphatic heterocycles. The van der Waals surface area contributed by atoms with Crippen molar-refractivity contribution in [2.24, 2.45) is 5.92 Å². The Morgan fingerprint density at radius 2 is 1.43 bits per heavy atom. The maximum Gasteiger partial charge on any atom is 0.308 e. The Kier molecular flexibility index (Phi) is 6.02. The molecule has 184 valence electrons. The van der Waals surface area contributed by atoms with Gasteiger partial charge in [0.05, 0.1) is 16.6 Å². The van der Waals surface area contributed by atoms with Gasteiger partial charge in [0.2, 0.25) is 17.7 Å². The van der Waals surface area contributed by atoms with Crippen molar-refractivity contribution in [3.63, 3.8) is 0 Å². The van der Waals surface area contributed by atoms with Crippen LogP contribution in [0, 0.1) is 5.92 Å². The molecule has 0 spiro atoms. The Bertz CT molecular complexity index is 1550. The molecule has 1 aromatic heterocycles. The number of aromatic nitrogens is 1. The number of thioether (sulfide) groups is 1. The van der Waals surface area contributed by atoms with E-state index in [1.165, 1.54) is 21.2 Å². The predicted octanol–water partition coefficient (Wildman–Crippen LogP) is 4.34. The second kappa shape index (κ2) is 9.49. The van der Waals surface area contributed by atoms with Crippen LogP contribution in [0.15, 0.2) is 101 Å². The summed E-state index contributed by atoms with van der Waals surface area (Å²) in [6.07, 6.45) is 0. The fourth-order valence-electron chi connectivity index (χ4n) is 4.97. The fraction of sp³-hybridized carbons (Fsp3) is 0.143. The first-order chi connectivity index (χ1) is 18.0. The highest BCUT2D eigenvalue weighted by atomic mass is 32.2. The molecular formula is C28H21N3O4S2. The highest BCUT2D eigenvalue weighted by molar-refractivity contribution is 8.00. The summed E-state index contributed by atoms with van der Waals surface area (Å²) in [5, 5.41) is 2.68. The molecule has 9 heteroatoms. The molecule has 0 bridgehead atoms. The molecule has 37 heavy (non-hydrogen) atoms. The van der Waals surface area contributed by atoms with Crippen LogP contribution in [0.1, 0.15) is 16.4 Å². The van der Waals surface area contributed by atoms with E-state index in [1.807, 2.05) is 54.6 Å². The second-order valence-electron chi connectivity index (χ2n) is 8.84. The number of carbonyl (C=O) groups excluding carboxylic acids is 3. The van der Waals surface area contributed by atoms with Crippen molar-refractivity contribution in [2.45, 2.75) is 22.7 Å². The number of amides is 3. The third kappa shape index (κ3) is 4.10. The van der Waals surface area contributed by atoms with Crippen LogP contribution in [0.2, 0.25) is 0 Å². The average molecular weight is 528 g/mol. The Hall–Kier alpha value is -3.95. The van der Waals surface area contributed by atoms with Crippen LogP contribution in [-0.4, -0.2) is 27.5 Å². The molecule has 3 heterocycles. The third-order valence-electron chi connectivity index (χ3n) is 6.58. The van der Waals surface area contributed by atoms with E-state index >= 15 is 0 Å². The molecule has 0 radical (unpaired) electrons. The molecule has 3 amide bonds. The highest BCUT2D eigenvalue weighted by Gasteiger charge is 2.56. The molecule has 1 N–H and O–H groups in total. The van der Waals surface area contributed by atoms with Gasteiger partial charge in [-0.25, -0.2) is 4.90 Å². The first-order valence-electron chi connectivity index (χ1n) is 11.8. The van der Waals surface area contributed by atoms with Gasteiger partial charge in [-0.05, 0) is 29.8 Å². The zero-order valence-corrected chi connectivity index (χ0v) is 21.1. The van der Waals surface area contributed by atoms with E-state index in [0.29, 0.717) is 21.3 Å². The zero-order chi connectivity index (χ0) is 25.5. The van der Waals surface area contributed by atoms with Crippen molar-refractivity contribution < 1.29 is 14.4 Å². The Morgan fingerprint density at radius 1 is 0.811 bits per heavy atom. The molecule has 1 fully saturated rings. The molecule has 3 atom stereocenters. The molecule has 1 saturated heterocycles. The molecule has 7 nitrogen and oxygen atoms in total. The second-order valence-corrected chi connectivity index (χ2v) is 11.0. The van der Waals surface area contributed by atoms with Crippen LogP contribution < -0.4 is 15.1 Å². The SMILES string of the molecule is O=C(Cn1c2c(sc1=O)[C@H](c1ccccc1)C1C(=O)N(c3ccccc3)C(=O)C1S2)Nc1ccccc1. The van der Waals surface area contributed by atoms with E-state index in [2.05, 4.69) is 5.32 Å². The van der Waals surface area contributed by atoms with Gasteiger partial charge in [-0.2, -0.15) is 0 Å². The molecule has 2 unspecified atom stereocenters. The van der Waals surface area contributed by atoms with Crippen LogP contribution in [0.3, 0.4) is 0 Å². The van der Waals surface area contributed by atoms with E-state index < -0.39 is 17.1 Å². The summed E-state index contributed by atoms with van der Waals surface area (Å²) in [6.45, 7) is -0.185. The van der Waals surface area contributed by atoms with Crippen molar-refractivity contribution in [3.05, 3.63) is 111 Å². The van der Waals surface area contributed by atoms with Gasteiger partial charge in [0.25, 0.3) is 0 Å². The van der Waals surface area contributed by atoms with Crippen molar-refractivity contribution in [2.75, 3.05) is 10.2 Å². The lowest BCUT2D eigenvalue weighted by molar-refractivity contribution is -0.122. The summed E-state index contributed by atoms with van der Waals surface area (Å²) in [7, 11) is 0. The van der Waals surface area contributed by atoms with E-state index in [9.17, 15) is 19.2 Å². The van der Waals surface area contributed by atoms with Crippen molar-refractivity contribution in [1.82, 2.24) is 4.57 Å². The highest BCUT2D eigenvalue weighted by Crippen LogP contribution is 2.53. The first kappa shape index (κ1) is 23.4. The normalized spacial score (nSPS) is 20.4. The number of hydrogen-bond donors (Lipinski definition) is 1. The average Bonchev–Trinajstić information content (AvgIpc) is 3.36. The van der Waals surface area contributed by atoms with Gasteiger partial charge < -0.3 is 5.32 Å². The van der Waals surface area contributed by atoms with Gasteiger partial charge >= 0.3 is 4.87 Å². The summed E-state index contributed by atoms with van der Waals surface area (Å²) < 4.78 is 1.43. The number of rotatable bonds is 5. The lowest BCUT2D eigenvalue weighted by Crippen LogP contribution is -2.33. The fourth-order valence-corrected chi connectivity index (χ4v) is 7.75. The predicted molar refractivity (Wildman–Crippen MR) is 144 cm³/mol. The molecule has 4 aromatic rings. The van der Waals surface area contributed by atoms with Gasteiger partial charge in [0.1, 0.15) is 11.8 Å². The summed E-state index contributed by atoms with van der Waals surface area (Å²) in [5.74, 6) is -2.05.